The number of hydrogen-bond acceptors (Lipinski definition) is 4. The molecule has 1 atom stereocenters. The van der Waals surface area contributed by atoms with Gasteiger partial charge in [-0.05, 0) is 30.2 Å². The molecule has 0 aromatic heterocycles. The van der Waals surface area contributed by atoms with Gasteiger partial charge in [0.25, 0.3) is 11.8 Å². The van der Waals surface area contributed by atoms with Crippen molar-refractivity contribution in [1.82, 2.24) is 10.6 Å². The largest absolute Gasteiger partial charge is 0.369 e. The fraction of sp³-hybridized carbons (Fsp3) is 0.227. The highest BCUT2D eigenvalue weighted by Gasteiger charge is 2.27. The Morgan fingerprint density at radius 3 is 2.45 bits per heavy atom. The molecule has 1 aliphatic heterocycles. The van der Waals surface area contributed by atoms with Crippen molar-refractivity contribution in [3.05, 3.63) is 71.4 Å². The first-order chi connectivity index (χ1) is 13.9. The zero-order valence-corrected chi connectivity index (χ0v) is 16.2. The van der Waals surface area contributed by atoms with E-state index in [1.54, 1.807) is 18.2 Å². The zero-order chi connectivity index (χ0) is 20.8. The Balaban J connectivity index is 1.71. The summed E-state index contributed by atoms with van der Waals surface area (Å²) < 4.78 is 0. The molecule has 0 spiro atoms. The molecular weight excluding hydrogens is 368 g/mol. The first-order valence-corrected chi connectivity index (χ1v) is 9.43. The third-order valence-corrected chi connectivity index (χ3v) is 4.70. The van der Waals surface area contributed by atoms with Crippen LogP contribution in [0.25, 0.3) is 6.08 Å². The van der Waals surface area contributed by atoms with Crippen molar-refractivity contribution in [2.24, 2.45) is 5.73 Å². The number of rotatable bonds is 6. The molecule has 2 aromatic rings. The van der Waals surface area contributed by atoms with E-state index in [2.05, 4.69) is 10.6 Å². The van der Waals surface area contributed by atoms with Crippen molar-refractivity contribution in [2.75, 3.05) is 18.0 Å². The molecule has 7 heteroatoms. The van der Waals surface area contributed by atoms with Crippen molar-refractivity contribution >= 4 is 29.5 Å². The SMILES string of the molecule is CC(=O)N/C(=C\c1ccccc1)C(=O)NC1CCN(c2ccccc2C(N)=O)C1. The Bertz CT molecular complexity index is 940. The van der Waals surface area contributed by atoms with Crippen molar-refractivity contribution in [1.29, 1.82) is 0 Å². The van der Waals surface area contributed by atoms with Gasteiger partial charge >= 0.3 is 0 Å². The molecule has 4 N–H and O–H groups in total. The summed E-state index contributed by atoms with van der Waals surface area (Å²) in [7, 11) is 0. The summed E-state index contributed by atoms with van der Waals surface area (Å²) in [5, 5.41) is 5.58. The Morgan fingerprint density at radius 2 is 1.76 bits per heavy atom. The Hall–Kier alpha value is -3.61. The number of nitrogens with one attached hydrogen (secondary N) is 2. The lowest BCUT2D eigenvalue weighted by molar-refractivity contribution is -0.122. The van der Waals surface area contributed by atoms with Crippen LogP contribution in [0.15, 0.2) is 60.3 Å². The maximum atomic E-state index is 12.8. The monoisotopic (exact) mass is 392 g/mol. The molecule has 1 saturated heterocycles. The highest BCUT2D eigenvalue weighted by molar-refractivity contribution is 6.01. The molecule has 3 amide bonds. The van der Waals surface area contributed by atoms with Crippen LogP contribution in [0.2, 0.25) is 0 Å². The van der Waals surface area contributed by atoms with Gasteiger partial charge in [-0.1, -0.05) is 42.5 Å². The number of nitrogens with two attached hydrogens (primary N) is 1. The van der Waals surface area contributed by atoms with Gasteiger partial charge < -0.3 is 21.3 Å². The van der Waals surface area contributed by atoms with Gasteiger partial charge in [0.15, 0.2) is 0 Å². The average molecular weight is 392 g/mol. The van der Waals surface area contributed by atoms with Gasteiger partial charge in [-0.3, -0.25) is 14.4 Å². The molecule has 0 bridgehead atoms. The average Bonchev–Trinajstić information content (AvgIpc) is 3.16. The highest BCUT2D eigenvalue weighted by atomic mass is 16.2. The van der Waals surface area contributed by atoms with Crippen LogP contribution in [0.1, 0.15) is 29.3 Å². The number of nitrogens with zero attached hydrogens (tertiary/aromatic N) is 1. The summed E-state index contributed by atoms with van der Waals surface area (Å²) in [6.07, 6.45) is 2.36. The molecule has 29 heavy (non-hydrogen) atoms. The van der Waals surface area contributed by atoms with E-state index in [4.69, 9.17) is 5.73 Å². The second-order valence-electron chi connectivity index (χ2n) is 6.94. The van der Waals surface area contributed by atoms with Crippen LogP contribution in [-0.4, -0.2) is 36.9 Å². The second kappa shape index (κ2) is 9.05. The van der Waals surface area contributed by atoms with Crippen LogP contribution in [0.5, 0.6) is 0 Å². The number of carbonyl (C=O) groups excluding carboxylic acids is 3. The standard InChI is InChI=1S/C22H24N4O3/c1-15(27)24-19(13-16-7-3-2-4-8-16)22(29)25-17-11-12-26(14-17)20-10-6-5-9-18(20)21(23)28/h2-10,13,17H,11-12,14H2,1H3,(H2,23,28)(H,24,27)(H,25,29)/b19-13-. The predicted molar refractivity (Wildman–Crippen MR) is 112 cm³/mol. The number of para-hydroxylation sites is 1. The first-order valence-electron chi connectivity index (χ1n) is 9.43. The number of anilines is 1. The van der Waals surface area contributed by atoms with Gasteiger partial charge in [0.2, 0.25) is 5.91 Å². The van der Waals surface area contributed by atoms with Crippen molar-refractivity contribution in [3.8, 4) is 0 Å². The van der Waals surface area contributed by atoms with E-state index < -0.39 is 5.91 Å². The summed E-state index contributed by atoms with van der Waals surface area (Å²) in [4.78, 5) is 38.0. The number of amides is 3. The number of hydrogen-bond donors (Lipinski definition) is 3. The summed E-state index contributed by atoms with van der Waals surface area (Å²) in [6, 6.07) is 16.4. The minimum absolute atomic E-state index is 0.114. The summed E-state index contributed by atoms with van der Waals surface area (Å²) >= 11 is 0. The molecular formula is C22H24N4O3. The van der Waals surface area contributed by atoms with E-state index in [1.807, 2.05) is 47.4 Å². The molecule has 150 valence electrons. The van der Waals surface area contributed by atoms with Gasteiger partial charge in [0, 0.05) is 31.7 Å². The van der Waals surface area contributed by atoms with Gasteiger partial charge in [-0.2, -0.15) is 0 Å². The van der Waals surface area contributed by atoms with Crippen molar-refractivity contribution in [2.45, 2.75) is 19.4 Å². The molecule has 1 fully saturated rings. The van der Waals surface area contributed by atoms with Crippen molar-refractivity contribution < 1.29 is 14.4 Å². The van der Waals surface area contributed by atoms with Crippen LogP contribution in [-0.2, 0) is 9.59 Å². The van der Waals surface area contributed by atoms with E-state index in [1.165, 1.54) is 6.92 Å². The van der Waals surface area contributed by atoms with Crippen LogP contribution in [0.4, 0.5) is 5.69 Å². The minimum atomic E-state index is -0.480. The van der Waals surface area contributed by atoms with E-state index in [0.717, 1.165) is 17.7 Å². The summed E-state index contributed by atoms with van der Waals surface area (Å²) in [6.45, 7) is 2.60. The van der Waals surface area contributed by atoms with Crippen LogP contribution in [0.3, 0.4) is 0 Å². The van der Waals surface area contributed by atoms with E-state index in [0.29, 0.717) is 18.7 Å². The molecule has 1 unspecified atom stereocenters. The first kappa shape index (κ1) is 20.1. The van der Waals surface area contributed by atoms with Gasteiger partial charge in [-0.15, -0.1) is 0 Å². The number of carbonyl (C=O) groups is 3. The Kier molecular flexibility index (Phi) is 6.29. The topological polar surface area (TPSA) is 105 Å². The van der Waals surface area contributed by atoms with Crippen molar-refractivity contribution in [3.63, 3.8) is 0 Å². The molecule has 2 aromatic carbocycles. The molecule has 3 rings (SSSR count). The Morgan fingerprint density at radius 1 is 1.07 bits per heavy atom. The zero-order valence-electron chi connectivity index (χ0n) is 16.2. The molecule has 0 saturated carbocycles. The third kappa shape index (κ3) is 5.22. The lowest BCUT2D eigenvalue weighted by Crippen LogP contribution is -2.41. The lowest BCUT2D eigenvalue weighted by Gasteiger charge is -2.21. The van der Waals surface area contributed by atoms with Crippen LogP contribution in [0, 0.1) is 0 Å². The Labute approximate surface area is 169 Å². The molecule has 1 heterocycles. The predicted octanol–water partition coefficient (Wildman–Crippen LogP) is 1.66. The third-order valence-electron chi connectivity index (χ3n) is 4.70. The van der Waals surface area contributed by atoms with Gasteiger partial charge in [-0.25, -0.2) is 0 Å². The van der Waals surface area contributed by atoms with Gasteiger partial charge in [0.1, 0.15) is 5.70 Å². The number of benzene rings is 2. The maximum absolute atomic E-state index is 12.8. The fourth-order valence-electron chi connectivity index (χ4n) is 3.38. The minimum Gasteiger partial charge on any atom is -0.369 e. The number of primary amides is 1. The van der Waals surface area contributed by atoms with Gasteiger partial charge in [0.05, 0.1) is 5.56 Å². The smallest absolute Gasteiger partial charge is 0.268 e. The molecule has 7 nitrogen and oxygen atoms in total. The normalized spacial score (nSPS) is 16.4. The van der Waals surface area contributed by atoms with Crippen LogP contribution < -0.4 is 21.3 Å². The molecule has 0 radical (unpaired) electrons. The molecule has 1 aliphatic rings. The molecule has 0 aliphatic carbocycles. The lowest BCUT2D eigenvalue weighted by atomic mass is 10.1. The van der Waals surface area contributed by atoms with Crippen LogP contribution >= 0.6 is 0 Å². The maximum Gasteiger partial charge on any atom is 0.268 e. The summed E-state index contributed by atoms with van der Waals surface area (Å²) in [5.41, 5.74) is 7.71. The highest BCUT2D eigenvalue weighted by Crippen LogP contribution is 2.24. The fourth-order valence-corrected chi connectivity index (χ4v) is 3.38. The quantitative estimate of drug-likeness (QED) is 0.650. The summed E-state index contributed by atoms with van der Waals surface area (Å²) in [5.74, 6) is -1.14. The second-order valence-corrected chi connectivity index (χ2v) is 6.94. The van der Waals surface area contributed by atoms with E-state index in [9.17, 15) is 14.4 Å². The van der Waals surface area contributed by atoms with E-state index in [-0.39, 0.29) is 23.6 Å². The van der Waals surface area contributed by atoms with E-state index >= 15 is 0 Å².